The molecule has 0 bridgehead atoms. The number of benzene rings is 2. The van der Waals surface area contributed by atoms with Crippen LogP contribution in [-0.4, -0.2) is 35.2 Å². The van der Waals surface area contributed by atoms with Gasteiger partial charge in [0.15, 0.2) is 0 Å². The number of ether oxygens (including phenoxy) is 2. The number of anilines is 1. The van der Waals surface area contributed by atoms with E-state index >= 15 is 0 Å². The first-order valence-electron chi connectivity index (χ1n) is 7.20. The molecule has 27 heavy (non-hydrogen) atoms. The van der Waals surface area contributed by atoms with Gasteiger partial charge < -0.3 is 9.47 Å². The Labute approximate surface area is 164 Å². The van der Waals surface area contributed by atoms with Crippen LogP contribution in [0.5, 0.6) is 5.75 Å². The van der Waals surface area contributed by atoms with Crippen LogP contribution in [-0.2, 0) is 19.6 Å². The summed E-state index contributed by atoms with van der Waals surface area (Å²) >= 11 is 12.0. The average Bonchev–Trinajstić information content (AvgIpc) is 2.62. The lowest BCUT2D eigenvalue weighted by Gasteiger charge is -2.24. The van der Waals surface area contributed by atoms with Crippen LogP contribution in [0.2, 0.25) is 10.0 Å². The standard InChI is InChI=1S/C16H13Cl2F2NO5S/c1-25-12-5-6-13(16(18)15(12)17)27(23,24)21(8-14(22)26-2)11-4-3-9(19)7-10(11)20/h3-7H,8H2,1-2H3. The summed E-state index contributed by atoms with van der Waals surface area (Å²) in [6, 6.07) is 4.55. The van der Waals surface area contributed by atoms with Crippen LogP contribution in [0.15, 0.2) is 35.2 Å². The van der Waals surface area contributed by atoms with Crippen LogP contribution in [0.25, 0.3) is 0 Å². The van der Waals surface area contributed by atoms with Gasteiger partial charge in [-0.05, 0) is 24.3 Å². The van der Waals surface area contributed by atoms with E-state index in [1.54, 1.807) is 0 Å². The van der Waals surface area contributed by atoms with Crippen molar-refractivity contribution in [2.45, 2.75) is 4.90 Å². The highest BCUT2D eigenvalue weighted by atomic mass is 35.5. The van der Waals surface area contributed by atoms with Gasteiger partial charge in [-0.15, -0.1) is 0 Å². The van der Waals surface area contributed by atoms with E-state index in [1.165, 1.54) is 13.2 Å². The van der Waals surface area contributed by atoms with Crippen LogP contribution < -0.4 is 9.04 Å². The Kier molecular flexibility index (Phi) is 6.50. The third kappa shape index (κ3) is 4.26. The third-order valence-electron chi connectivity index (χ3n) is 3.48. The molecule has 11 heteroatoms. The second kappa shape index (κ2) is 8.28. The molecule has 0 fully saturated rings. The van der Waals surface area contributed by atoms with Crippen LogP contribution in [0.4, 0.5) is 14.5 Å². The zero-order valence-corrected chi connectivity index (χ0v) is 16.3. The number of hydrogen-bond donors (Lipinski definition) is 0. The van der Waals surface area contributed by atoms with Crippen molar-refractivity contribution in [3.05, 3.63) is 52.0 Å². The molecule has 0 heterocycles. The van der Waals surface area contributed by atoms with Crippen molar-refractivity contribution in [1.29, 1.82) is 0 Å². The zero-order chi connectivity index (χ0) is 20.4. The first-order chi connectivity index (χ1) is 12.6. The maximum absolute atomic E-state index is 14.2. The van der Waals surface area contributed by atoms with E-state index in [0.29, 0.717) is 10.4 Å². The summed E-state index contributed by atoms with van der Waals surface area (Å²) in [6.45, 7) is -0.874. The molecule has 6 nitrogen and oxygen atoms in total. The largest absolute Gasteiger partial charge is 0.495 e. The van der Waals surface area contributed by atoms with Crippen LogP contribution in [0.3, 0.4) is 0 Å². The molecule has 2 rings (SSSR count). The minimum atomic E-state index is -4.57. The predicted molar refractivity (Wildman–Crippen MR) is 95.9 cm³/mol. The number of carbonyl (C=O) groups is 1. The summed E-state index contributed by atoms with van der Waals surface area (Å²) in [5, 5.41) is -0.564. The number of methoxy groups -OCH3 is 2. The quantitative estimate of drug-likeness (QED) is 0.642. The fourth-order valence-electron chi connectivity index (χ4n) is 2.15. The van der Waals surface area contributed by atoms with Gasteiger partial charge in [0, 0.05) is 6.07 Å². The highest BCUT2D eigenvalue weighted by molar-refractivity contribution is 7.93. The Morgan fingerprint density at radius 3 is 2.33 bits per heavy atom. The fraction of sp³-hybridized carbons (Fsp3) is 0.188. The molecule has 2 aromatic rings. The Hall–Kier alpha value is -2.10. The van der Waals surface area contributed by atoms with Crippen LogP contribution in [0, 0.1) is 11.6 Å². The topological polar surface area (TPSA) is 72.9 Å². The lowest BCUT2D eigenvalue weighted by atomic mass is 10.3. The molecular weight excluding hydrogens is 427 g/mol. The predicted octanol–water partition coefficient (Wildman–Crippen LogP) is 3.65. The van der Waals surface area contributed by atoms with Crippen molar-refractivity contribution >= 4 is 44.9 Å². The molecule has 0 radical (unpaired) electrons. The van der Waals surface area contributed by atoms with Crippen molar-refractivity contribution in [2.24, 2.45) is 0 Å². The third-order valence-corrected chi connectivity index (χ3v) is 6.26. The Morgan fingerprint density at radius 2 is 1.78 bits per heavy atom. The summed E-state index contributed by atoms with van der Waals surface area (Å²) in [7, 11) is -2.23. The molecule has 0 aliphatic rings. The highest BCUT2D eigenvalue weighted by Gasteiger charge is 2.32. The number of nitrogens with zero attached hydrogens (tertiary/aromatic N) is 1. The SMILES string of the molecule is COC(=O)CN(c1ccc(F)cc1F)S(=O)(=O)c1ccc(OC)c(Cl)c1Cl. The molecule has 146 valence electrons. The molecule has 0 spiro atoms. The van der Waals surface area contributed by atoms with E-state index < -0.39 is 44.8 Å². The maximum Gasteiger partial charge on any atom is 0.326 e. The summed E-state index contributed by atoms with van der Waals surface area (Å²) in [5.74, 6) is -2.97. The van der Waals surface area contributed by atoms with Gasteiger partial charge in [-0.1, -0.05) is 23.2 Å². The van der Waals surface area contributed by atoms with Crippen molar-refractivity contribution in [2.75, 3.05) is 25.1 Å². The van der Waals surface area contributed by atoms with Gasteiger partial charge in [0.1, 0.15) is 33.8 Å². The van der Waals surface area contributed by atoms with E-state index in [0.717, 1.165) is 25.3 Å². The number of sulfonamides is 1. The zero-order valence-electron chi connectivity index (χ0n) is 14.0. The minimum absolute atomic E-state index is 0.119. The van der Waals surface area contributed by atoms with Gasteiger partial charge in [-0.3, -0.25) is 9.10 Å². The molecule has 0 N–H and O–H groups in total. The highest BCUT2D eigenvalue weighted by Crippen LogP contribution is 2.38. The van der Waals surface area contributed by atoms with Crippen LogP contribution >= 0.6 is 23.2 Å². The molecule has 0 amide bonds. The molecule has 0 unspecified atom stereocenters. The van der Waals surface area contributed by atoms with Gasteiger partial charge in [-0.2, -0.15) is 0 Å². The lowest BCUT2D eigenvalue weighted by molar-refractivity contribution is -0.138. The number of esters is 1. The Balaban J connectivity index is 2.67. The van der Waals surface area contributed by atoms with Crippen LogP contribution in [0.1, 0.15) is 0 Å². The second-order valence-electron chi connectivity index (χ2n) is 5.08. The van der Waals surface area contributed by atoms with Gasteiger partial charge in [0.2, 0.25) is 0 Å². The van der Waals surface area contributed by atoms with Gasteiger partial charge in [0.05, 0.1) is 24.9 Å². The minimum Gasteiger partial charge on any atom is -0.495 e. The summed E-state index contributed by atoms with van der Waals surface area (Å²) in [6.07, 6.45) is 0. The van der Waals surface area contributed by atoms with Gasteiger partial charge in [0.25, 0.3) is 10.0 Å². The van der Waals surface area contributed by atoms with Crippen molar-refractivity contribution in [3.8, 4) is 5.75 Å². The second-order valence-corrected chi connectivity index (χ2v) is 7.66. The fourth-order valence-corrected chi connectivity index (χ4v) is 4.39. The normalized spacial score (nSPS) is 11.2. The van der Waals surface area contributed by atoms with E-state index in [2.05, 4.69) is 4.74 Å². The first-order valence-corrected chi connectivity index (χ1v) is 9.39. The summed E-state index contributed by atoms with van der Waals surface area (Å²) < 4.78 is 63.4. The van der Waals surface area contributed by atoms with E-state index in [9.17, 15) is 22.0 Å². The molecule has 0 atom stereocenters. The van der Waals surface area contributed by atoms with Crippen molar-refractivity contribution in [1.82, 2.24) is 0 Å². The monoisotopic (exact) mass is 439 g/mol. The molecule has 0 saturated heterocycles. The van der Waals surface area contributed by atoms with E-state index in [4.69, 9.17) is 27.9 Å². The number of carbonyl (C=O) groups excluding carboxylic acids is 1. The number of hydrogen-bond acceptors (Lipinski definition) is 5. The van der Waals surface area contributed by atoms with Crippen molar-refractivity contribution < 1.29 is 31.5 Å². The molecule has 0 aliphatic carbocycles. The van der Waals surface area contributed by atoms with Gasteiger partial charge >= 0.3 is 5.97 Å². The molecular formula is C16H13Cl2F2NO5S. The van der Waals surface area contributed by atoms with Crippen molar-refractivity contribution in [3.63, 3.8) is 0 Å². The van der Waals surface area contributed by atoms with E-state index in [-0.39, 0.29) is 15.8 Å². The maximum atomic E-state index is 14.2. The molecule has 0 aromatic heterocycles. The first kappa shape index (κ1) is 21.2. The Morgan fingerprint density at radius 1 is 1.11 bits per heavy atom. The molecule has 0 aliphatic heterocycles. The summed E-state index contributed by atoms with van der Waals surface area (Å²) in [5.41, 5.74) is -0.565. The number of rotatable bonds is 6. The van der Waals surface area contributed by atoms with Gasteiger partial charge in [-0.25, -0.2) is 17.2 Å². The summed E-state index contributed by atoms with van der Waals surface area (Å²) in [4.78, 5) is 11.2. The number of halogens is 4. The smallest absolute Gasteiger partial charge is 0.326 e. The van der Waals surface area contributed by atoms with E-state index in [1.807, 2.05) is 0 Å². The Bertz CT molecular complexity index is 985. The lowest BCUT2D eigenvalue weighted by Crippen LogP contribution is -2.37. The molecule has 2 aromatic carbocycles. The molecule has 0 saturated carbocycles. The average molecular weight is 440 g/mol.